The lowest BCUT2D eigenvalue weighted by atomic mass is 9.91. The number of nitrogens with two attached hydrogens (primary N) is 1. The lowest BCUT2D eigenvalue weighted by molar-refractivity contribution is 0.104. The second-order valence-corrected chi connectivity index (χ2v) is 6.15. The fourth-order valence-corrected chi connectivity index (χ4v) is 3.21. The summed E-state index contributed by atoms with van der Waals surface area (Å²) in [7, 11) is 0. The van der Waals surface area contributed by atoms with Gasteiger partial charge >= 0.3 is 0 Å². The van der Waals surface area contributed by atoms with Crippen LogP contribution in [0.4, 0.5) is 0 Å². The van der Waals surface area contributed by atoms with Crippen LogP contribution in [0, 0.1) is 5.92 Å². The Morgan fingerprint density at radius 1 is 1.35 bits per heavy atom. The molecule has 1 aromatic carbocycles. The summed E-state index contributed by atoms with van der Waals surface area (Å²) in [5, 5.41) is 1.14. The number of rotatable bonds is 3. The van der Waals surface area contributed by atoms with Crippen molar-refractivity contribution < 1.29 is 4.42 Å². The van der Waals surface area contributed by atoms with Crippen molar-refractivity contribution in [1.29, 1.82) is 0 Å². The van der Waals surface area contributed by atoms with E-state index in [1.165, 1.54) is 12.8 Å². The second kappa shape index (κ2) is 5.58. The van der Waals surface area contributed by atoms with Gasteiger partial charge in [-0.3, -0.25) is 4.90 Å². The van der Waals surface area contributed by atoms with Crippen LogP contribution in [0.3, 0.4) is 0 Å². The molecule has 2 aromatic rings. The van der Waals surface area contributed by atoms with Crippen molar-refractivity contribution in [3.63, 3.8) is 0 Å². The molecule has 3 heteroatoms. The summed E-state index contributed by atoms with van der Waals surface area (Å²) in [5.41, 5.74) is 7.29. The SMILES string of the molecule is CC1CCCN(CC(N)c2cc3ccccc3o2)C1C. The highest BCUT2D eigenvalue weighted by Crippen LogP contribution is 2.27. The maximum Gasteiger partial charge on any atom is 0.134 e. The van der Waals surface area contributed by atoms with E-state index in [0.717, 1.165) is 35.7 Å². The fourth-order valence-electron chi connectivity index (χ4n) is 3.21. The Kier molecular flexibility index (Phi) is 3.81. The molecule has 108 valence electrons. The van der Waals surface area contributed by atoms with Gasteiger partial charge in [0, 0.05) is 18.0 Å². The third kappa shape index (κ3) is 2.60. The number of benzene rings is 1. The van der Waals surface area contributed by atoms with E-state index in [1.807, 2.05) is 18.2 Å². The number of furan rings is 1. The van der Waals surface area contributed by atoms with Crippen LogP contribution in [0.2, 0.25) is 0 Å². The van der Waals surface area contributed by atoms with E-state index in [2.05, 4.69) is 30.9 Å². The molecule has 0 aliphatic carbocycles. The van der Waals surface area contributed by atoms with E-state index < -0.39 is 0 Å². The number of fused-ring (bicyclic) bond motifs is 1. The summed E-state index contributed by atoms with van der Waals surface area (Å²) in [6.45, 7) is 6.68. The monoisotopic (exact) mass is 272 g/mol. The first-order valence-corrected chi connectivity index (χ1v) is 7.63. The Morgan fingerprint density at radius 2 is 2.15 bits per heavy atom. The summed E-state index contributed by atoms with van der Waals surface area (Å²) in [6, 6.07) is 10.7. The zero-order chi connectivity index (χ0) is 14.1. The quantitative estimate of drug-likeness (QED) is 0.929. The number of nitrogens with zero attached hydrogens (tertiary/aromatic N) is 1. The molecule has 1 saturated heterocycles. The first-order chi connectivity index (χ1) is 9.65. The highest BCUT2D eigenvalue weighted by molar-refractivity contribution is 5.77. The normalized spacial score (nSPS) is 25.9. The van der Waals surface area contributed by atoms with Gasteiger partial charge in [-0.15, -0.1) is 0 Å². The van der Waals surface area contributed by atoms with Crippen LogP contribution in [0.15, 0.2) is 34.7 Å². The van der Waals surface area contributed by atoms with Crippen molar-refractivity contribution in [3.8, 4) is 0 Å². The molecule has 1 fully saturated rings. The predicted octanol–water partition coefficient (Wildman–Crippen LogP) is 3.55. The van der Waals surface area contributed by atoms with Gasteiger partial charge in [0.1, 0.15) is 11.3 Å². The van der Waals surface area contributed by atoms with E-state index in [1.54, 1.807) is 0 Å². The highest BCUT2D eigenvalue weighted by atomic mass is 16.3. The molecule has 0 amide bonds. The molecule has 1 aliphatic rings. The number of hydrogen-bond acceptors (Lipinski definition) is 3. The van der Waals surface area contributed by atoms with Gasteiger partial charge in [0.15, 0.2) is 0 Å². The summed E-state index contributed by atoms with van der Waals surface area (Å²) >= 11 is 0. The lowest BCUT2D eigenvalue weighted by Crippen LogP contribution is -2.45. The molecular weight excluding hydrogens is 248 g/mol. The summed E-state index contributed by atoms with van der Waals surface area (Å²) < 4.78 is 5.88. The molecule has 0 radical (unpaired) electrons. The van der Waals surface area contributed by atoms with Gasteiger partial charge in [0.25, 0.3) is 0 Å². The van der Waals surface area contributed by atoms with Crippen molar-refractivity contribution in [3.05, 3.63) is 36.1 Å². The molecule has 1 aromatic heterocycles. The van der Waals surface area contributed by atoms with Crippen LogP contribution < -0.4 is 5.73 Å². The molecule has 0 bridgehead atoms. The van der Waals surface area contributed by atoms with Gasteiger partial charge < -0.3 is 10.2 Å². The van der Waals surface area contributed by atoms with Gasteiger partial charge in [-0.25, -0.2) is 0 Å². The molecule has 3 rings (SSSR count). The largest absolute Gasteiger partial charge is 0.459 e. The summed E-state index contributed by atoms with van der Waals surface area (Å²) in [6.07, 6.45) is 2.61. The fraction of sp³-hybridized carbons (Fsp3) is 0.529. The molecule has 3 nitrogen and oxygen atoms in total. The predicted molar refractivity (Wildman–Crippen MR) is 82.6 cm³/mol. The Bertz CT molecular complexity index is 544. The van der Waals surface area contributed by atoms with Gasteiger partial charge in [-0.2, -0.15) is 0 Å². The highest BCUT2D eigenvalue weighted by Gasteiger charge is 2.26. The van der Waals surface area contributed by atoms with Crippen LogP contribution in [-0.4, -0.2) is 24.0 Å². The van der Waals surface area contributed by atoms with E-state index >= 15 is 0 Å². The topological polar surface area (TPSA) is 42.4 Å². The Morgan fingerprint density at radius 3 is 2.95 bits per heavy atom. The number of likely N-dealkylation sites (tertiary alicyclic amines) is 1. The lowest BCUT2D eigenvalue weighted by Gasteiger charge is -2.38. The summed E-state index contributed by atoms with van der Waals surface area (Å²) in [4.78, 5) is 2.51. The van der Waals surface area contributed by atoms with Gasteiger partial charge in [0.05, 0.1) is 6.04 Å². The molecule has 2 N–H and O–H groups in total. The van der Waals surface area contributed by atoms with Crippen molar-refractivity contribution in [1.82, 2.24) is 4.90 Å². The van der Waals surface area contributed by atoms with E-state index in [-0.39, 0.29) is 6.04 Å². The smallest absolute Gasteiger partial charge is 0.134 e. The van der Waals surface area contributed by atoms with Gasteiger partial charge in [0.2, 0.25) is 0 Å². The molecule has 0 saturated carbocycles. The van der Waals surface area contributed by atoms with Crippen molar-refractivity contribution in [2.24, 2.45) is 11.7 Å². The van der Waals surface area contributed by atoms with Crippen LogP contribution in [-0.2, 0) is 0 Å². The standard InChI is InChI=1S/C17H24N2O/c1-12-6-5-9-19(13(12)2)11-15(18)17-10-14-7-3-4-8-16(14)20-17/h3-4,7-8,10,12-13,15H,5-6,9,11,18H2,1-2H3. The maximum absolute atomic E-state index is 6.36. The molecule has 0 spiro atoms. The molecule has 20 heavy (non-hydrogen) atoms. The maximum atomic E-state index is 6.36. The minimum atomic E-state index is -0.0462. The minimum Gasteiger partial charge on any atom is -0.459 e. The molecule has 3 unspecified atom stereocenters. The van der Waals surface area contributed by atoms with E-state index in [4.69, 9.17) is 10.2 Å². The first kappa shape index (κ1) is 13.7. The Balaban J connectivity index is 1.73. The Labute approximate surface area is 120 Å². The third-order valence-electron chi connectivity index (χ3n) is 4.75. The zero-order valence-corrected chi connectivity index (χ0v) is 12.4. The van der Waals surface area contributed by atoms with Crippen molar-refractivity contribution >= 4 is 11.0 Å². The number of piperidine rings is 1. The van der Waals surface area contributed by atoms with Crippen LogP contribution in [0.5, 0.6) is 0 Å². The molecular formula is C17H24N2O. The van der Waals surface area contributed by atoms with Crippen molar-refractivity contribution in [2.75, 3.05) is 13.1 Å². The number of para-hydroxylation sites is 1. The Hall–Kier alpha value is -1.32. The van der Waals surface area contributed by atoms with Crippen LogP contribution >= 0.6 is 0 Å². The van der Waals surface area contributed by atoms with E-state index in [0.29, 0.717) is 6.04 Å². The number of hydrogen-bond donors (Lipinski definition) is 1. The zero-order valence-electron chi connectivity index (χ0n) is 12.4. The average Bonchev–Trinajstić information content (AvgIpc) is 2.88. The van der Waals surface area contributed by atoms with Gasteiger partial charge in [-0.1, -0.05) is 25.1 Å². The third-order valence-corrected chi connectivity index (χ3v) is 4.75. The van der Waals surface area contributed by atoms with Crippen molar-refractivity contribution in [2.45, 2.75) is 38.8 Å². The molecule has 2 heterocycles. The first-order valence-electron chi connectivity index (χ1n) is 7.63. The average molecular weight is 272 g/mol. The van der Waals surface area contributed by atoms with Gasteiger partial charge in [-0.05, 0) is 44.4 Å². The second-order valence-electron chi connectivity index (χ2n) is 6.15. The minimum absolute atomic E-state index is 0.0462. The van der Waals surface area contributed by atoms with Crippen LogP contribution in [0.1, 0.15) is 38.5 Å². The molecule has 3 atom stereocenters. The van der Waals surface area contributed by atoms with E-state index in [9.17, 15) is 0 Å². The molecule has 1 aliphatic heterocycles. The summed E-state index contributed by atoms with van der Waals surface area (Å²) in [5.74, 6) is 1.66. The van der Waals surface area contributed by atoms with Crippen LogP contribution in [0.25, 0.3) is 11.0 Å².